The minimum Gasteiger partial charge on any atom is -0.465 e. The van der Waals surface area contributed by atoms with Crippen LogP contribution in [0.2, 0.25) is 0 Å². The first-order chi connectivity index (χ1) is 9.10. The van der Waals surface area contributed by atoms with Gasteiger partial charge in [0.05, 0.1) is 6.61 Å². The van der Waals surface area contributed by atoms with Gasteiger partial charge >= 0.3 is 5.97 Å². The molecule has 1 N–H and O–H groups in total. The predicted octanol–water partition coefficient (Wildman–Crippen LogP) is 2.43. The molecule has 0 bridgehead atoms. The van der Waals surface area contributed by atoms with Gasteiger partial charge in [-0.25, -0.2) is 0 Å². The molecule has 2 atom stereocenters. The molecular weight excluding hydrogens is 252 g/mol. The van der Waals surface area contributed by atoms with Crippen LogP contribution in [-0.4, -0.2) is 48.7 Å². The van der Waals surface area contributed by atoms with E-state index in [9.17, 15) is 4.79 Å². The zero-order valence-corrected chi connectivity index (χ0v) is 14.2. The van der Waals surface area contributed by atoms with Crippen LogP contribution in [0.1, 0.15) is 54.4 Å². The first kappa shape index (κ1) is 17.4. The summed E-state index contributed by atoms with van der Waals surface area (Å²) in [6.45, 7) is 13.8. The fraction of sp³-hybridized carbons (Fsp3) is 0.938. The van der Waals surface area contributed by atoms with Crippen LogP contribution in [0.15, 0.2) is 0 Å². The number of ether oxygens (including phenoxy) is 1. The molecule has 0 aromatic carbocycles. The Labute approximate surface area is 124 Å². The number of likely N-dealkylation sites (N-methyl/N-ethyl adjacent to an activating group) is 1. The van der Waals surface area contributed by atoms with Gasteiger partial charge in [-0.2, -0.15) is 0 Å². The van der Waals surface area contributed by atoms with Crippen LogP contribution in [0.4, 0.5) is 0 Å². The lowest BCUT2D eigenvalue weighted by Crippen LogP contribution is -2.59. The molecule has 118 valence electrons. The summed E-state index contributed by atoms with van der Waals surface area (Å²) < 4.78 is 5.27. The van der Waals surface area contributed by atoms with Gasteiger partial charge in [0, 0.05) is 18.6 Å². The second-order valence-electron chi connectivity index (χ2n) is 7.43. The monoisotopic (exact) mass is 284 g/mol. The molecule has 1 aliphatic carbocycles. The lowest BCUT2D eigenvalue weighted by Gasteiger charge is -2.40. The molecule has 20 heavy (non-hydrogen) atoms. The van der Waals surface area contributed by atoms with Crippen molar-refractivity contribution < 1.29 is 9.53 Å². The maximum atomic E-state index is 12.3. The molecule has 4 nitrogen and oxygen atoms in total. The van der Waals surface area contributed by atoms with Crippen molar-refractivity contribution in [1.82, 2.24) is 10.2 Å². The van der Waals surface area contributed by atoms with Gasteiger partial charge in [0.15, 0.2) is 0 Å². The molecular formula is C16H32N2O2. The summed E-state index contributed by atoms with van der Waals surface area (Å²) in [4.78, 5) is 14.6. The van der Waals surface area contributed by atoms with Gasteiger partial charge in [0.1, 0.15) is 5.54 Å². The number of nitrogens with zero attached hydrogens (tertiary/aromatic N) is 1. The Balaban J connectivity index is 2.75. The SMILES string of the molecule is CCOC(=O)C(C)(CN(C)C(C)C(C)(C)C)NC1CC1. The summed E-state index contributed by atoms with van der Waals surface area (Å²) in [6, 6.07) is 0.861. The Morgan fingerprint density at radius 2 is 1.90 bits per heavy atom. The van der Waals surface area contributed by atoms with E-state index in [2.05, 4.69) is 45.0 Å². The van der Waals surface area contributed by atoms with Gasteiger partial charge < -0.3 is 9.64 Å². The van der Waals surface area contributed by atoms with E-state index < -0.39 is 5.54 Å². The van der Waals surface area contributed by atoms with Gasteiger partial charge in [0.25, 0.3) is 0 Å². The number of carbonyl (C=O) groups is 1. The van der Waals surface area contributed by atoms with Crippen molar-refractivity contribution in [2.75, 3.05) is 20.2 Å². The molecule has 0 aromatic rings. The van der Waals surface area contributed by atoms with E-state index in [1.165, 1.54) is 0 Å². The summed E-state index contributed by atoms with van der Waals surface area (Å²) in [7, 11) is 2.09. The smallest absolute Gasteiger partial charge is 0.327 e. The highest BCUT2D eigenvalue weighted by molar-refractivity contribution is 5.80. The number of hydrogen-bond donors (Lipinski definition) is 1. The maximum Gasteiger partial charge on any atom is 0.327 e. The van der Waals surface area contributed by atoms with E-state index in [-0.39, 0.29) is 11.4 Å². The molecule has 0 saturated heterocycles. The van der Waals surface area contributed by atoms with Crippen molar-refractivity contribution in [3.63, 3.8) is 0 Å². The van der Waals surface area contributed by atoms with Crippen molar-refractivity contribution in [2.24, 2.45) is 5.41 Å². The van der Waals surface area contributed by atoms with Gasteiger partial charge in [-0.05, 0) is 46.1 Å². The fourth-order valence-corrected chi connectivity index (χ4v) is 2.43. The number of nitrogens with one attached hydrogen (secondary N) is 1. The lowest BCUT2D eigenvalue weighted by atomic mass is 9.86. The van der Waals surface area contributed by atoms with E-state index in [1.54, 1.807) is 0 Å². The highest BCUT2D eigenvalue weighted by Gasteiger charge is 2.41. The average molecular weight is 284 g/mol. The maximum absolute atomic E-state index is 12.3. The summed E-state index contributed by atoms with van der Waals surface area (Å²) in [5, 5.41) is 3.47. The summed E-state index contributed by atoms with van der Waals surface area (Å²) in [6.07, 6.45) is 2.32. The second kappa shape index (κ2) is 6.44. The third kappa shape index (κ3) is 4.74. The normalized spacial score (nSPS) is 20.6. The van der Waals surface area contributed by atoms with Crippen LogP contribution in [0.25, 0.3) is 0 Å². The zero-order chi connectivity index (χ0) is 15.6. The van der Waals surface area contributed by atoms with Crippen molar-refractivity contribution in [3.8, 4) is 0 Å². The minimum atomic E-state index is -0.620. The van der Waals surface area contributed by atoms with Crippen LogP contribution in [0.3, 0.4) is 0 Å². The molecule has 2 unspecified atom stereocenters. The Hall–Kier alpha value is -0.610. The van der Waals surface area contributed by atoms with Gasteiger partial charge in [-0.1, -0.05) is 20.8 Å². The summed E-state index contributed by atoms with van der Waals surface area (Å²) >= 11 is 0. The van der Waals surface area contributed by atoms with Crippen LogP contribution < -0.4 is 5.32 Å². The number of rotatable bonds is 7. The van der Waals surface area contributed by atoms with E-state index in [1.807, 2.05) is 13.8 Å². The van der Waals surface area contributed by atoms with E-state index in [0.29, 0.717) is 25.2 Å². The second-order valence-corrected chi connectivity index (χ2v) is 7.43. The molecule has 4 heteroatoms. The quantitative estimate of drug-likeness (QED) is 0.729. The standard InChI is InChI=1S/C16H32N2O2/c1-8-20-14(19)16(6,17-13-9-10-13)11-18(7)12(2)15(3,4)5/h12-13,17H,8-11H2,1-7H3. The molecule has 0 spiro atoms. The molecule has 0 aliphatic heterocycles. The molecule has 0 amide bonds. The van der Waals surface area contributed by atoms with Crippen LogP contribution in [-0.2, 0) is 9.53 Å². The van der Waals surface area contributed by atoms with Crippen LogP contribution >= 0.6 is 0 Å². The Kier molecular flexibility index (Phi) is 5.61. The highest BCUT2D eigenvalue weighted by atomic mass is 16.5. The van der Waals surface area contributed by atoms with Crippen molar-refractivity contribution in [1.29, 1.82) is 0 Å². The Bertz CT molecular complexity index is 334. The summed E-state index contributed by atoms with van der Waals surface area (Å²) in [5.41, 5.74) is -0.435. The van der Waals surface area contributed by atoms with Gasteiger partial charge in [-0.15, -0.1) is 0 Å². The first-order valence-corrected chi connectivity index (χ1v) is 7.75. The molecule has 1 aliphatic rings. The third-order valence-corrected chi connectivity index (χ3v) is 4.31. The highest BCUT2D eigenvalue weighted by Crippen LogP contribution is 2.27. The molecule has 1 rings (SSSR count). The zero-order valence-electron chi connectivity index (χ0n) is 14.2. The Morgan fingerprint density at radius 3 is 2.30 bits per heavy atom. The van der Waals surface area contributed by atoms with E-state index in [4.69, 9.17) is 4.74 Å². The predicted molar refractivity (Wildman–Crippen MR) is 82.7 cm³/mol. The van der Waals surface area contributed by atoms with E-state index in [0.717, 1.165) is 12.8 Å². The van der Waals surface area contributed by atoms with Crippen molar-refractivity contribution in [2.45, 2.75) is 72.0 Å². The fourth-order valence-electron chi connectivity index (χ4n) is 2.43. The molecule has 1 fully saturated rings. The number of hydrogen-bond acceptors (Lipinski definition) is 4. The molecule has 0 heterocycles. The van der Waals surface area contributed by atoms with Crippen molar-refractivity contribution in [3.05, 3.63) is 0 Å². The average Bonchev–Trinajstić information content (AvgIpc) is 3.10. The van der Waals surface area contributed by atoms with Gasteiger partial charge in [-0.3, -0.25) is 10.1 Å². The molecule has 0 radical (unpaired) electrons. The first-order valence-electron chi connectivity index (χ1n) is 7.75. The molecule has 0 aromatic heterocycles. The lowest BCUT2D eigenvalue weighted by molar-refractivity contribution is -0.151. The topological polar surface area (TPSA) is 41.6 Å². The van der Waals surface area contributed by atoms with Crippen LogP contribution in [0.5, 0.6) is 0 Å². The minimum absolute atomic E-state index is 0.139. The van der Waals surface area contributed by atoms with E-state index >= 15 is 0 Å². The van der Waals surface area contributed by atoms with Crippen LogP contribution in [0, 0.1) is 5.41 Å². The summed E-state index contributed by atoms with van der Waals surface area (Å²) in [5.74, 6) is -0.139. The van der Waals surface area contributed by atoms with Gasteiger partial charge in [0.2, 0.25) is 0 Å². The largest absolute Gasteiger partial charge is 0.465 e. The third-order valence-electron chi connectivity index (χ3n) is 4.31. The number of carbonyl (C=O) groups excluding carboxylic acids is 1. The molecule has 1 saturated carbocycles. The number of esters is 1. The Morgan fingerprint density at radius 1 is 1.35 bits per heavy atom. The van der Waals surface area contributed by atoms with Crippen molar-refractivity contribution >= 4 is 5.97 Å².